The average Bonchev–Trinajstić information content (AvgIpc) is 2.83. The van der Waals surface area contributed by atoms with E-state index in [1.165, 1.54) is 11.1 Å². The number of piperidine rings is 1. The summed E-state index contributed by atoms with van der Waals surface area (Å²) in [6.45, 7) is 5.09. The predicted octanol–water partition coefficient (Wildman–Crippen LogP) is 2.35. The third kappa shape index (κ3) is 5.15. The highest BCUT2D eigenvalue weighted by atomic mass is 16.5. The van der Waals surface area contributed by atoms with E-state index in [0.717, 1.165) is 63.6 Å². The first kappa shape index (κ1) is 21.1. The van der Waals surface area contributed by atoms with Crippen LogP contribution in [0.2, 0.25) is 0 Å². The molecule has 1 fully saturated rings. The highest BCUT2D eigenvalue weighted by molar-refractivity contribution is 5.79. The van der Waals surface area contributed by atoms with Crippen LogP contribution in [0.5, 0.6) is 5.75 Å². The smallest absolute Gasteiger partial charge is 0.223 e. The fourth-order valence-electron chi connectivity index (χ4n) is 4.40. The molecule has 1 aromatic heterocycles. The minimum absolute atomic E-state index is 0.0594. The van der Waals surface area contributed by atoms with Crippen molar-refractivity contribution >= 4 is 11.7 Å². The third-order valence-electron chi connectivity index (χ3n) is 6.30. The van der Waals surface area contributed by atoms with Gasteiger partial charge in [-0.15, -0.1) is 0 Å². The maximum Gasteiger partial charge on any atom is 0.223 e. The van der Waals surface area contributed by atoms with E-state index in [9.17, 15) is 4.79 Å². The van der Waals surface area contributed by atoms with Crippen molar-refractivity contribution in [1.82, 2.24) is 15.2 Å². The topological polar surface area (TPSA) is 81.5 Å². The van der Waals surface area contributed by atoms with Gasteiger partial charge in [0.1, 0.15) is 17.6 Å². The number of nitriles is 1. The molecule has 0 unspecified atom stereocenters. The molecule has 2 aliphatic rings. The number of anilines is 1. The molecule has 1 aromatic carbocycles. The summed E-state index contributed by atoms with van der Waals surface area (Å²) >= 11 is 0. The summed E-state index contributed by atoms with van der Waals surface area (Å²) in [4.78, 5) is 21.6. The van der Waals surface area contributed by atoms with Crippen molar-refractivity contribution in [3.63, 3.8) is 0 Å². The molecule has 0 radical (unpaired) electrons. The Morgan fingerprint density at radius 1 is 1.23 bits per heavy atom. The number of methoxy groups -OCH3 is 1. The van der Waals surface area contributed by atoms with Crippen molar-refractivity contribution in [2.75, 3.05) is 44.7 Å². The van der Waals surface area contributed by atoms with Gasteiger partial charge in [-0.25, -0.2) is 4.98 Å². The Labute approximate surface area is 183 Å². The summed E-state index contributed by atoms with van der Waals surface area (Å²) in [5.41, 5.74) is 3.28. The fourth-order valence-corrected chi connectivity index (χ4v) is 4.40. The number of rotatable bonds is 6. The first-order chi connectivity index (χ1) is 15.2. The lowest BCUT2D eigenvalue weighted by molar-refractivity contribution is -0.125. The van der Waals surface area contributed by atoms with Gasteiger partial charge in [-0.05, 0) is 54.7 Å². The van der Waals surface area contributed by atoms with Crippen LogP contribution in [0.3, 0.4) is 0 Å². The predicted molar refractivity (Wildman–Crippen MR) is 119 cm³/mol. The van der Waals surface area contributed by atoms with E-state index in [-0.39, 0.29) is 11.8 Å². The largest absolute Gasteiger partial charge is 0.497 e. The zero-order chi connectivity index (χ0) is 21.6. The Kier molecular flexibility index (Phi) is 6.68. The molecule has 2 aliphatic heterocycles. The Balaban J connectivity index is 1.19. The number of hydrogen-bond acceptors (Lipinski definition) is 6. The van der Waals surface area contributed by atoms with E-state index >= 15 is 0 Å². The molecule has 7 nitrogen and oxygen atoms in total. The van der Waals surface area contributed by atoms with Crippen LogP contribution in [0.4, 0.5) is 5.82 Å². The summed E-state index contributed by atoms with van der Waals surface area (Å²) in [5.74, 6) is 2.01. The number of ether oxygens (including phenoxy) is 1. The minimum atomic E-state index is 0.0594. The van der Waals surface area contributed by atoms with E-state index < -0.39 is 0 Å². The van der Waals surface area contributed by atoms with Crippen LogP contribution < -0.4 is 15.0 Å². The molecule has 0 bridgehead atoms. The van der Waals surface area contributed by atoms with Crippen LogP contribution in [0.1, 0.15) is 29.5 Å². The lowest BCUT2D eigenvalue weighted by atomic mass is 9.96. The highest BCUT2D eigenvalue weighted by Crippen LogP contribution is 2.24. The number of benzene rings is 1. The molecule has 31 heavy (non-hydrogen) atoms. The molecular formula is C24H29N5O2. The van der Waals surface area contributed by atoms with Gasteiger partial charge in [-0.1, -0.05) is 6.07 Å². The second kappa shape index (κ2) is 9.80. The number of carbonyl (C=O) groups is 1. The summed E-state index contributed by atoms with van der Waals surface area (Å²) in [7, 11) is 1.70. The van der Waals surface area contributed by atoms with Crippen molar-refractivity contribution in [3.05, 3.63) is 53.2 Å². The van der Waals surface area contributed by atoms with Crippen LogP contribution in [-0.4, -0.2) is 55.6 Å². The van der Waals surface area contributed by atoms with Gasteiger partial charge in [0.05, 0.1) is 12.7 Å². The zero-order valence-corrected chi connectivity index (χ0v) is 18.0. The molecule has 4 rings (SSSR count). The molecule has 2 aromatic rings. The summed E-state index contributed by atoms with van der Waals surface area (Å²) < 4.78 is 5.32. The maximum absolute atomic E-state index is 12.6. The van der Waals surface area contributed by atoms with Crippen molar-refractivity contribution < 1.29 is 9.53 Å². The van der Waals surface area contributed by atoms with Gasteiger partial charge in [0.2, 0.25) is 5.91 Å². The SMILES string of the molecule is COc1ccc2c(c1)CCN(CCNC(=O)C1CCN(c3ccc(C#N)cn3)CC1)C2. The molecule has 0 saturated carbocycles. The lowest BCUT2D eigenvalue weighted by Gasteiger charge is -2.32. The van der Waals surface area contributed by atoms with Crippen LogP contribution in [0.15, 0.2) is 36.5 Å². The first-order valence-corrected chi connectivity index (χ1v) is 10.9. The van der Waals surface area contributed by atoms with Crippen molar-refractivity contribution in [2.24, 2.45) is 5.92 Å². The summed E-state index contributed by atoms with van der Waals surface area (Å²) in [6, 6.07) is 12.1. The molecule has 3 heterocycles. The van der Waals surface area contributed by atoms with E-state index in [1.807, 2.05) is 12.1 Å². The Bertz CT molecular complexity index is 945. The number of hydrogen-bond donors (Lipinski definition) is 1. The van der Waals surface area contributed by atoms with Crippen LogP contribution in [0.25, 0.3) is 0 Å². The Morgan fingerprint density at radius 3 is 2.77 bits per heavy atom. The molecule has 1 saturated heterocycles. The maximum atomic E-state index is 12.6. The third-order valence-corrected chi connectivity index (χ3v) is 6.30. The summed E-state index contributed by atoms with van der Waals surface area (Å²) in [6.07, 6.45) is 4.27. The highest BCUT2D eigenvalue weighted by Gasteiger charge is 2.25. The van der Waals surface area contributed by atoms with Crippen molar-refractivity contribution in [1.29, 1.82) is 5.26 Å². The van der Waals surface area contributed by atoms with E-state index in [2.05, 4.69) is 38.3 Å². The van der Waals surface area contributed by atoms with Gasteiger partial charge >= 0.3 is 0 Å². The molecule has 1 N–H and O–H groups in total. The molecule has 1 amide bonds. The summed E-state index contributed by atoms with van der Waals surface area (Å²) in [5, 5.41) is 12.0. The normalized spacial score (nSPS) is 17.0. The standard InChI is InChI=1S/C24H29N5O2/c1-31-22-4-3-21-17-28(10-6-20(21)14-22)13-9-26-24(30)19-7-11-29(12-8-19)23-5-2-18(15-25)16-27-23/h2-5,14,16,19H,6-13,17H2,1H3,(H,26,30). The van der Waals surface area contributed by atoms with Gasteiger partial charge in [0, 0.05) is 51.4 Å². The van der Waals surface area contributed by atoms with Gasteiger partial charge in [-0.2, -0.15) is 5.26 Å². The number of carbonyl (C=O) groups excluding carboxylic acids is 1. The Morgan fingerprint density at radius 2 is 2.06 bits per heavy atom. The number of pyridine rings is 1. The second-order valence-corrected chi connectivity index (χ2v) is 8.23. The van der Waals surface area contributed by atoms with Crippen LogP contribution in [0, 0.1) is 17.2 Å². The number of aromatic nitrogens is 1. The molecule has 7 heteroatoms. The van der Waals surface area contributed by atoms with E-state index in [4.69, 9.17) is 10.00 Å². The zero-order valence-electron chi connectivity index (χ0n) is 18.0. The number of nitrogens with one attached hydrogen (secondary N) is 1. The monoisotopic (exact) mass is 419 g/mol. The van der Waals surface area contributed by atoms with Gasteiger partial charge < -0.3 is 15.0 Å². The lowest BCUT2D eigenvalue weighted by Crippen LogP contribution is -2.43. The van der Waals surface area contributed by atoms with Crippen LogP contribution >= 0.6 is 0 Å². The minimum Gasteiger partial charge on any atom is -0.497 e. The molecule has 0 spiro atoms. The second-order valence-electron chi connectivity index (χ2n) is 8.23. The number of amides is 1. The van der Waals surface area contributed by atoms with Gasteiger partial charge in [0.15, 0.2) is 0 Å². The molecular weight excluding hydrogens is 390 g/mol. The average molecular weight is 420 g/mol. The van der Waals surface area contributed by atoms with Gasteiger partial charge in [-0.3, -0.25) is 9.69 Å². The Hall–Kier alpha value is -3.11. The van der Waals surface area contributed by atoms with Crippen molar-refractivity contribution in [3.8, 4) is 11.8 Å². The quantitative estimate of drug-likeness (QED) is 0.774. The molecule has 0 atom stereocenters. The molecule has 162 valence electrons. The van der Waals surface area contributed by atoms with Crippen molar-refractivity contribution in [2.45, 2.75) is 25.8 Å². The number of fused-ring (bicyclic) bond motifs is 1. The van der Waals surface area contributed by atoms with E-state index in [1.54, 1.807) is 19.4 Å². The fraction of sp³-hybridized carbons (Fsp3) is 0.458. The van der Waals surface area contributed by atoms with E-state index in [0.29, 0.717) is 12.1 Å². The van der Waals surface area contributed by atoms with Crippen LogP contribution in [-0.2, 0) is 17.8 Å². The first-order valence-electron chi connectivity index (χ1n) is 10.9. The molecule has 0 aliphatic carbocycles. The van der Waals surface area contributed by atoms with Gasteiger partial charge in [0.25, 0.3) is 0 Å². The number of nitrogens with zero attached hydrogens (tertiary/aromatic N) is 4.